The van der Waals surface area contributed by atoms with Crippen molar-refractivity contribution >= 4 is 0 Å². The Morgan fingerprint density at radius 2 is 1.88 bits per heavy atom. The minimum absolute atomic E-state index is 0.521. The smallest absolute Gasteiger partial charge is 0.142 e. The van der Waals surface area contributed by atoms with Crippen LogP contribution in [0.4, 0.5) is 4.39 Å². The third kappa shape index (κ3) is 2.29. The number of nitrogens with one attached hydrogen (secondary N) is 1. The molecule has 0 radical (unpaired) electrons. The van der Waals surface area contributed by atoms with Gasteiger partial charge in [0.15, 0.2) is 0 Å². The van der Waals surface area contributed by atoms with E-state index in [0.29, 0.717) is 18.6 Å². The minimum atomic E-state index is -1.24. The predicted octanol–water partition coefficient (Wildman–Crippen LogP) is 2.86. The van der Waals surface area contributed by atoms with Crippen LogP contribution >= 0.6 is 0 Å². The predicted molar refractivity (Wildman–Crippen MR) is 67.4 cm³/mol. The Morgan fingerprint density at radius 3 is 2.47 bits per heavy atom. The van der Waals surface area contributed by atoms with E-state index in [1.54, 1.807) is 7.11 Å². The minimum Gasteiger partial charge on any atom is -0.496 e. The van der Waals surface area contributed by atoms with E-state index in [1.165, 1.54) is 0 Å². The molecule has 0 aliphatic carbocycles. The summed E-state index contributed by atoms with van der Waals surface area (Å²) in [6, 6.07) is 3.95. The lowest BCUT2D eigenvalue weighted by Gasteiger charge is -2.33. The highest BCUT2D eigenvalue weighted by Crippen LogP contribution is 2.42. The van der Waals surface area contributed by atoms with Crippen LogP contribution in [0.1, 0.15) is 29.5 Å². The van der Waals surface area contributed by atoms with E-state index in [0.717, 1.165) is 29.8 Å². The molecule has 94 valence electrons. The SMILES string of the molecule is COc1cc(C)cc(C)c1C1(F)CCNCC1. The molecule has 3 heteroatoms. The summed E-state index contributed by atoms with van der Waals surface area (Å²) in [6.07, 6.45) is 1.04. The van der Waals surface area contributed by atoms with Gasteiger partial charge in [-0.1, -0.05) is 6.07 Å². The number of aryl methyl sites for hydroxylation is 2. The molecule has 1 saturated heterocycles. The molecule has 1 fully saturated rings. The Labute approximate surface area is 102 Å². The second kappa shape index (κ2) is 4.65. The van der Waals surface area contributed by atoms with Crippen LogP contribution in [0.5, 0.6) is 5.75 Å². The van der Waals surface area contributed by atoms with Crippen LogP contribution in [0.2, 0.25) is 0 Å². The number of methoxy groups -OCH3 is 1. The fraction of sp³-hybridized carbons (Fsp3) is 0.571. The van der Waals surface area contributed by atoms with Gasteiger partial charge < -0.3 is 10.1 Å². The first kappa shape index (κ1) is 12.4. The molecular formula is C14H20FNO. The lowest BCUT2D eigenvalue weighted by atomic mass is 9.83. The van der Waals surface area contributed by atoms with Gasteiger partial charge in [-0.3, -0.25) is 0 Å². The molecule has 0 spiro atoms. The zero-order chi connectivity index (χ0) is 12.5. The lowest BCUT2D eigenvalue weighted by molar-refractivity contribution is 0.110. The standard InChI is InChI=1S/C14H20FNO/c1-10-8-11(2)13(12(9-10)17-3)14(15)4-6-16-7-5-14/h8-9,16H,4-7H2,1-3H3. The van der Waals surface area contributed by atoms with E-state index in [1.807, 2.05) is 26.0 Å². The molecule has 1 aliphatic rings. The molecule has 1 aliphatic heterocycles. The van der Waals surface area contributed by atoms with Crippen molar-refractivity contribution in [3.05, 3.63) is 28.8 Å². The summed E-state index contributed by atoms with van der Waals surface area (Å²) >= 11 is 0. The van der Waals surface area contributed by atoms with Crippen LogP contribution in [0.25, 0.3) is 0 Å². The summed E-state index contributed by atoms with van der Waals surface area (Å²) in [4.78, 5) is 0. The van der Waals surface area contributed by atoms with Crippen molar-refractivity contribution < 1.29 is 9.13 Å². The summed E-state index contributed by atoms with van der Waals surface area (Å²) in [5.74, 6) is 0.687. The van der Waals surface area contributed by atoms with Gasteiger partial charge in [-0.25, -0.2) is 4.39 Å². The number of ether oxygens (including phenoxy) is 1. The lowest BCUT2D eigenvalue weighted by Crippen LogP contribution is -2.37. The number of alkyl halides is 1. The molecule has 17 heavy (non-hydrogen) atoms. The molecule has 0 aromatic heterocycles. The number of piperidine rings is 1. The highest BCUT2D eigenvalue weighted by molar-refractivity contribution is 5.47. The van der Waals surface area contributed by atoms with Gasteiger partial charge in [-0.05, 0) is 57.0 Å². The van der Waals surface area contributed by atoms with Crippen molar-refractivity contribution in [1.29, 1.82) is 0 Å². The topological polar surface area (TPSA) is 21.3 Å². The monoisotopic (exact) mass is 237 g/mol. The van der Waals surface area contributed by atoms with Gasteiger partial charge in [0.1, 0.15) is 11.4 Å². The summed E-state index contributed by atoms with van der Waals surface area (Å²) < 4.78 is 20.4. The average molecular weight is 237 g/mol. The van der Waals surface area contributed by atoms with Gasteiger partial charge in [0.05, 0.1) is 7.11 Å². The van der Waals surface area contributed by atoms with Crippen molar-refractivity contribution in [3.63, 3.8) is 0 Å². The molecule has 1 aromatic carbocycles. The number of hydrogen-bond donors (Lipinski definition) is 1. The van der Waals surface area contributed by atoms with E-state index < -0.39 is 5.67 Å². The molecule has 2 rings (SSSR count). The Bertz CT molecular complexity index is 411. The van der Waals surface area contributed by atoms with Crippen molar-refractivity contribution in [3.8, 4) is 5.75 Å². The molecule has 1 aromatic rings. The van der Waals surface area contributed by atoms with Crippen LogP contribution in [-0.2, 0) is 5.67 Å². The second-order valence-corrected chi connectivity index (χ2v) is 4.87. The Balaban J connectivity index is 2.49. The first-order chi connectivity index (χ1) is 8.07. The third-order valence-electron chi connectivity index (χ3n) is 3.51. The molecular weight excluding hydrogens is 217 g/mol. The van der Waals surface area contributed by atoms with Crippen LogP contribution < -0.4 is 10.1 Å². The van der Waals surface area contributed by atoms with Gasteiger partial charge >= 0.3 is 0 Å². The zero-order valence-electron chi connectivity index (χ0n) is 10.8. The first-order valence-corrected chi connectivity index (χ1v) is 6.12. The third-order valence-corrected chi connectivity index (χ3v) is 3.51. The van der Waals surface area contributed by atoms with Crippen molar-refractivity contribution in [1.82, 2.24) is 5.32 Å². The summed E-state index contributed by atoms with van der Waals surface area (Å²) in [5, 5.41) is 3.20. The highest BCUT2D eigenvalue weighted by atomic mass is 19.1. The van der Waals surface area contributed by atoms with Crippen molar-refractivity contribution in [2.24, 2.45) is 0 Å². The number of hydrogen-bond acceptors (Lipinski definition) is 2. The molecule has 0 amide bonds. The average Bonchev–Trinajstić information content (AvgIpc) is 2.28. The van der Waals surface area contributed by atoms with Gasteiger partial charge in [-0.2, -0.15) is 0 Å². The maximum atomic E-state index is 15.0. The number of benzene rings is 1. The number of halogens is 1. The van der Waals surface area contributed by atoms with Crippen LogP contribution in [0.3, 0.4) is 0 Å². The molecule has 1 N–H and O–H groups in total. The number of rotatable bonds is 2. The van der Waals surface area contributed by atoms with Crippen LogP contribution in [0, 0.1) is 13.8 Å². The molecule has 2 nitrogen and oxygen atoms in total. The summed E-state index contributed by atoms with van der Waals surface area (Å²) in [6.45, 7) is 5.43. The van der Waals surface area contributed by atoms with E-state index >= 15 is 4.39 Å². The van der Waals surface area contributed by atoms with E-state index in [4.69, 9.17) is 4.74 Å². The van der Waals surface area contributed by atoms with Crippen molar-refractivity contribution in [2.75, 3.05) is 20.2 Å². The summed E-state index contributed by atoms with van der Waals surface area (Å²) in [5.41, 5.74) is 1.60. The fourth-order valence-electron chi connectivity index (χ4n) is 2.74. The van der Waals surface area contributed by atoms with Crippen LogP contribution in [-0.4, -0.2) is 20.2 Å². The zero-order valence-corrected chi connectivity index (χ0v) is 10.8. The van der Waals surface area contributed by atoms with Crippen LogP contribution in [0.15, 0.2) is 12.1 Å². The Kier molecular flexibility index (Phi) is 3.38. The second-order valence-electron chi connectivity index (χ2n) is 4.87. The Hall–Kier alpha value is -1.09. The maximum Gasteiger partial charge on any atom is 0.142 e. The molecule has 0 saturated carbocycles. The van der Waals surface area contributed by atoms with Gasteiger partial charge in [-0.15, -0.1) is 0 Å². The molecule has 1 heterocycles. The van der Waals surface area contributed by atoms with E-state index in [-0.39, 0.29) is 0 Å². The van der Waals surface area contributed by atoms with E-state index in [2.05, 4.69) is 5.32 Å². The quantitative estimate of drug-likeness (QED) is 0.854. The van der Waals surface area contributed by atoms with Gasteiger partial charge in [0.25, 0.3) is 0 Å². The van der Waals surface area contributed by atoms with Gasteiger partial charge in [0, 0.05) is 5.56 Å². The molecule has 0 atom stereocenters. The Morgan fingerprint density at radius 1 is 1.24 bits per heavy atom. The normalized spacial score (nSPS) is 19.1. The van der Waals surface area contributed by atoms with Crippen molar-refractivity contribution in [2.45, 2.75) is 32.4 Å². The highest BCUT2D eigenvalue weighted by Gasteiger charge is 2.37. The van der Waals surface area contributed by atoms with E-state index in [9.17, 15) is 0 Å². The fourth-order valence-corrected chi connectivity index (χ4v) is 2.74. The molecule has 0 unspecified atom stereocenters. The molecule has 0 bridgehead atoms. The summed E-state index contributed by atoms with van der Waals surface area (Å²) in [7, 11) is 1.61. The van der Waals surface area contributed by atoms with Gasteiger partial charge in [0.2, 0.25) is 0 Å². The first-order valence-electron chi connectivity index (χ1n) is 6.12. The largest absolute Gasteiger partial charge is 0.496 e. The maximum absolute atomic E-state index is 15.0.